The molecule has 0 unspecified atom stereocenters. The van der Waals surface area contributed by atoms with E-state index >= 15 is 0 Å². The van der Waals surface area contributed by atoms with Gasteiger partial charge in [0.15, 0.2) is 0 Å². The van der Waals surface area contributed by atoms with Gasteiger partial charge >= 0.3 is 7.82 Å². The lowest BCUT2D eigenvalue weighted by molar-refractivity contribution is 0.291. The van der Waals surface area contributed by atoms with E-state index in [4.69, 9.17) is 14.2 Å². The fourth-order valence-corrected chi connectivity index (χ4v) is 2.80. The van der Waals surface area contributed by atoms with Gasteiger partial charge in [-0.3, -0.25) is 4.89 Å². The van der Waals surface area contributed by atoms with E-state index in [1.807, 2.05) is 26.0 Å². The van der Waals surface area contributed by atoms with Crippen LogP contribution in [0.3, 0.4) is 0 Å². The molecule has 3 aromatic carbocycles. The zero-order chi connectivity index (χ0) is 19.0. The summed E-state index contributed by atoms with van der Waals surface area (Å²) in [5.41, 5.74) is 2.10. The number of phenolic OH excluding ortho intramolecular Hbond substituents is 1. The molecule has 0 heterocycles. The predicted octanol–water partition coefficient (Wildman–Crippen LogP) is 5.25. The molecule has 5 nitrogen and oxygen atoms in total. The van der Waals surface area contributed by atoms with Crippen LogP contribution in [0.4, 0.5) is 0 Å². The number of phenols is 1. The van der Waals surface area contributed by atoms with Gasteiger partial charge in [-0.1, -0.05) is 48.5 Å². The topological polar surface area (TPSA) is 76.0 Å². The molecule has 0 bridgehead atoms. The van der Waals surface area contributed by atoms with Crippen LogP contribution in [0, 0.1) is 13.8 Å². The molecule has 0 radical (unpaired) electrons. The maximum Gasteiger partial charge on any atom is 0.584 e. The van der Waals surface area contributed by atoms with Crippen LogP contribution in [-0.4, -0.2) is 10.00 Å². The largest absolute Gasteiger partial charge is 0.584 e. The van der Waals surface area contributed by atoms with Gasteiger partial charge in [-0.25, -0.2) is 4.57 Å². The van der Waals surface area contributed by atoms with Crippen LogP contribution in [0.25, 0.3) is 0 Å². The number of phosphoric ester groups is 1. The van der Waals surface area contributed by atoms with Crippen LogP contribution < -0.4 is 9.05 Å². The minimum atomic E-state index is -4.14. The van der Waals surface area contributed by atoms with Crippen LogP contribution in [0.1, 0.15) is 11.1 Å². The van der Waals surface area contributed by atoms with E-state index < -0.39 is 7.82 Å². The Balaban J connectivity index is 0.000000228. The average molecular weight is 372 g/mol. The van der Waals surface area contributed by atoms with E-state index in [1.54, 1.807) is 66.7 Å². The monoisotopic (exact) mass is 372 g/mol. The molecule has 0 aromatic heterocycles. The highest BCUT2D eigenvalue weighted by atomic mass is 31.2. The van der Waals surface area contributed by atoms with Crippen LogP contribution in [0.5, 0.6) is 17.2 Å². The van der Waals surface area contributed by atoms with Crippen molar-refractivity contribution >= 4 is 7.82 Å². The molecule has 2 N–H and O–H groups in total. The SMILES string of the molecule is Cc1cccc(O)c1C.O=P(O)(Oc1ccccc1)Oc1ccccc1. The third-order valence-corrected chi connectivity index (χ3v) is 4.39. The standard InChI is InChI=1S/C12H11O4P.C8H10O/c13-17(14,15-11-7-3-1-4-8-11)16-12-9-5-2-6-10-12;1-6-4-3-5-8(9)7(6)2/h1-10H,(H,13,14);3-5,9H,1-2H3. The quantitative estimate of drug-likeness (QED) is 0.612. The Morgan fingerprint density at radius 3 is 1.58 bits per heavy atom. The molecule has 0 aliphatic carbocycles. The Hall–Kier alpha value is -2.75. The Labute approximate surface area is 153 Å². The normalized spacial score (nSPS) is 10.4. The van der Waals surface area contributed by atoms with Crippen molar-refractivity contribution in [3.05, 3.63) is 90.0 Å². The molecule has 0 saturated carbocycles. The van der Waals surface area contributed by atoms with Crippen molar-refractivity contribution in [1.29, 1.82) is 0 Å². The van der Waals surface area contributed by atoms with Gasteiger partial charge in [0.2, 0.25) is 0 Å². The fraction of sp³-hybridized carbons (Fsp3) is 0.100. The molecule has 0 fully saturated rings. The van der Waals surface area contributed by atoms with Crippen LogP contribution >= 0.6 is 7.82 Å². The molecule has 0 spiro atoms. The number of aromatic hydroxyl groups is 1. The number of para-hydroxylation sites is 2. The summed E-state index contributed by atoms with van der Waals surface area (Å²) >= 11 is 0. The lowest BCUT2D eigenvalue weighted by Gasteiger charge is -2.13. The molecule has 0 aliphatic heterocycles. The Kier molecular flexibility index (Phi) is 6.84. The van der Waals surface area contributed by atoms with Gasteiger partial charge in [0.1, 0.15) is 17.2 Å². The number of hydrogen-bond acceptors (Lipinski definition) is 4. The van der Waals surface area contributed by atoms with E-state index in [-0.39, 0.29) is 11.5 Å². The van der Waals surface area contributed by atoms with E-state index in [9.17, 15) is 9.46 Å². The Bertz CT molecular complexity index is 800. The first-order chi connectivity index (χ1) is 12.4. The van der Waals surface area contributed by atoms with Gasteiger partial charge < -0.3 is 14.2 Å². The summed E-state index contributed by atoms with van der Waals surface area (Å²) in [6.07, 6.45) is 0. The molecule has 3 rings (SSSR count). The second kappa shape index (κ2) is 9.09. The summed E-state index contributed by atoms with van der Waals surface area (Å²) in [7, 11) is -4.14. The summed E-state index contributed by atoms with van der Waals surface area (Å²) in [6.45, 7) is 3.89. The Morgan fingerprint density at radius 2 is 1.19 bits per heavy atom. The van der Waals surface area contributed by atoms with Crippen molar-refractivity contribution in [3.63, 3.8) is 0 Å². The first-order valence-electron chi connectivity index (χ1n) is 7.94. The molecule has 136 valence electrons. The average Bonchev–Trinajstić information content (AvgIpc) is 2.61. The minimum Gasteiger partial charge on any atom is -0.508 e. The molecule has 0 saturated heterocycles. The second-order valence-corrected chi connectivity index (χ2v) is 6.80. The summed E-state index contributed by atoms with van der Waals surface area (Å²) in [6, 6.07) is 22.2. The molecular weight excluding hydrogens is 351 g/mol. The summed E-state index contributed by atoms with van der Waals surface area (Å²) < 4.78 is 21.5. The first kappa shape index (κ1) is 19.6. The van der Waals surface area contributed by atoms with Gasteiger partial charge in [0, 0.05) is 0 Å². The van der Waals surface area contributed by atoms with Crippen molar-refractivity contribution < 1.29 is 23.6 Å². The van der Waals surface area contributed by atoms with Crippen molar-refractivity contribution in [1.82, 2.24) is 0 Å². The highest BCUT2D eigenvalue weighted by Crippen LogP contribution is 2.44. The predicted molar refractivity (Wildman–Crippen MR) is 102 cm³/mol. The number of phosphoric acid groups is 1. The third kappa shape index (κ3) is 6.28. The Morgan fingerprint density at radius 1 is 0.731 bits per heavy atom. The highest BCUT2D eigenvalue weighted by Gasteiger charge is 2.24. The number of aryl methyl sites for hydroxylation is 1. The van der Waals surface area contributed by atoms with Crippen molar-refractivity contribution in [2.75, 3.05) is 0 Å². The highest BCUT2D eigenvalue weighted by molar-refractivity contribution is 7.48. The molecular formula is C20H21O5P. The van der Waals surface area contributed by atoms with Crippen molar-refractivity contribution in [2.45, 2.75) is 13.8 Å². The molecule has 6 heteroatoms. The number of benzene rings is 3. The first-order valence-corrected chi connectivity index (χ1v) is 9.44. The van der Waals surface area contributed by atoms with Crippen molar-refractivity contribution in [3.8, 4) is 17.2 Å². The summed E-state index contributed by atoms with van der Waals surface area (Å²) in [4.78, 5) is 9.53. The maximum absolute atomic E-state index is 11.7. The van der Waals surface area contributed by atoms with E-state index in [0.717, 1.165) is 11.1 Å². The van der Waals surface area contributed by atoms with Crippen LogP contribution in [-0.2, 0) is 4.57 Å². The molecule has 26 heavy (non-hydrogen) atoms. The van der Waals surface area contributed by atoms with Gasteiger partial charge in [0.25, 0.3) is 0 Å². The molecule has 3 aromatic rings. The molecule has 0 aliphatic rings. The maximum atomic E-state index is 11.7. The zero-order valence-corrected chi connectivity index (χ0v) is 15.5. The van der Waals surface area contributed by atoms with Crippen LogP contribution in [0.2, 0.25) is 0 Å². The lowest BCUT2D eigenvalue weighted by Crippen LogP contribution is -1.99. The number of hydrogen-bond donors (Lipinski definition) is 2. The third-order valence-electron chi connectivity index (χ3n) is 3.50. The number of rotatable bonds is 4. The lowest BCUT2D eigenvalue weighted by atomic mass is 10.1. The van der Waals surface area contributed by atoms with E-state index in [1.165, 1.54) is 0 Å². The van der Waals surface area contributed by atoms with Crippen molar-refractivity contribution in [2.24, 2.45) is 0 Å². The molecule has 0 amide bonds. The summed E-state index contributed by atoms with van der Waals surface area (Å²) in [5, 5.41) is 9.10. The van der Waals surface area contributed by atoms with E-state index in [0.29, 0.717) is 5.75 Å². The smallest absolute Gasteiger partial charge is 0.508 e. The van der Waals surface area contributed by atoms with Gasteiger partial charge in [-0.2, -0.15) is 0 Å². The summed E-state index contributed by atoms with van der Waals surface area (Å²) in [5.74, 6) is 0.957. The van der Waals surface area contributed by atoms with Crippen LogP contribution in [0.15, 0.2) is 78.9 Å². The second-order valence-electron chi connectivity index (χ2n) is 5.50. The zero-order valence-electron chi connectivity index (χ0n) is 14.6. The minimum absolute atomic E-state index is 0.286. The van der Waals surface area contributed by atoms with E-state index in [2.05, 4.69) is 0 Å². The molecule has 0 atom stereocenters. The fourth-order valence-electron chi connectivity index (χ4n) is 1.98. The van der Waals surface area contributed by atoms with Gasteiger partial charge in [0.05, 0.1) is 0 Å². The van der Waals surface area contributed by atoms with Gasteiger partial charge in [-0.15, -0.1) is 0 Å². The van der Waals surface area contributed by atoms with Gasteiger partial charge in [-0.05, 0) is 55.3 Å².